The number of aromatic nitrogens is 4. The number of hydrogen-bond donors (Lipinski definition) is 0. The highest BCUT2D eigenvalue weighted by molar-refractivity contribution is 6.30. The van der Waals surface area contributed by atoms with Crippen molar-refractivity contribution in [1.82, 2.24) is 19.6 Å². The summed E-state index contributed by atoms with van der Waals surface area (Å²) < 4.78 is 1.89. The van der Waals surface area contributed by atoms with Crippen LogP contribution in [0.5, 0.6) is 0 Å². The van der Waals surface area contributed by atoms with Gasteiger partial charge >= 0.3 is 0 Å². The highest BCUT2D eigenvalue weighted by Crippen LogP contribution is 2.22. The molecule has 0 saturated carbocycles. The zero-order valence-electron chi connectivity index (χ0n) is 16.9. The van der Waals surface area contributed by atoms with Gasteiger partial charge < -0.3 is 9.80 Å². The zero-order chi connectivity index (χ0) is 20.5. The van der Waals surface area contributed by atoms with Gasteiger partial charge in [-0.15, -0.1) is 5.10 Å². The summed E-state index contributed by atoms with van der Waals surface area (Å²) in [6, 6.07) is 20.5. The quantitative estimate of drug-likeness (QED) is 0.501. The van der Waals surface area contributed by atoms with E-state index in [1.165, 1.54) is 5.69 Å². The molecule has 2 aromatic heterocycles. The van der Waals surface area contributed by atoms with Gasteiger partial charge in [-0.2, -0.15) is 9.50 Å². The van der Waals surface area contributed by atoms with E-state index in [1.807, 2.05) is 35.7 Å². The fourth-order valence-corrected chi connectivity index (χ4v) is 4.05. The Kier molecular flexibility index (Phi) is 5.01. The van der Waals surface area contributed by atoms with E-state index in [9.17, 15) is 0 Å². The Morgan fingerprint density at radius 3 is 2.30 bits per heavy atom. The Balaban J connectivity index is 1.39. The molecule has 30 heavy (non-hydrogen) atoms. The first kappa shape index (κ1) is 18.9. The van der Waals surface area contributed by atoms with Crippen molar-refractivity contribution in [2.24, 2.45) is 0 Å². The van der Waals surface area contributed by atoms with Gasteiger partial charge in [-0.3, -0.25) is 0 Å². The molecule has 0 N–H and O–H groups in total. The fraction of sp³-hybridized carbons (Fsp3) is 0.261. The minimum atomic E-state index is 0.652. The molecule has 0 spiro atoms. The van der Waals surface area contributed by atoms with Gasteiger partial charge in [-0.1, -0.05) is 41.9 Å². The molecule has 2 aromatic carbocycles. The van der Waals surface area contributed by atoms with Crippen LogP contribution in [0.2, 0.25) is 5.02 Å². The molecular weight excluding hydrogens is 396 g/mol. The van der Waals surface area contributed by atoms with Crippen LogP contribution in [0.3, 0.4) is 0 Å². The van der Waals surface area contributed by atoms with Crippen LogP contribution in [0.15, 0.2) is 60.7 Å². The van der Waals surface area contributed by atoms with Crippen LogP contribution in [0, 0.1) is 6.92 Å². The number of benzene rings is 2. The maximum Gasteiger partial charge on any atom is 0.254 e. The zero-order valence-corrected chi connectivity index (χ0v) is 17.6. The molecule has 0 aliphatic carbocycles. The van der Waals surface area contributed by atoms with E-state index in [0.29, 0.717) is 12.2 Å². The molecule has 1 aliphatic heterocycles. The van der Waals surface area contributed by atoms with E-state index in [0.717, 1.165) is 54.1 Å². The Hall–Kier alpha value is -3.12. The fourth-order valence-electron chi connectivity index (χ4n) is 3.93. The van der Waals surface area contributed by atoms with E-state index in [4.69, 9.17) is 16.7 Å². The summed E-state index contributed by atoms with van der Waals surface area (Å²) >= 11 is 6.00. The lowest BCUT2D eigenvalue weighted by Crippen LogP contribution is -2.47. The Morgan fingerprint density at radius 1 is 0.867 bits per heavy atom. The molecular formula is C23H23ClN6. The molecule has 7 heteroatoms. The molecule has 6 nitrogen and oxygen atoms in total. The smallest absolute Gasteiger partial charge is 0.254 e. The maximum atomic E-state index is 6.00. The normalized spacial score (nSPS) is 14.5. The van der Waals surface area contributed by atoms with Gasteiger partial charge in [-0.25, -0.2) is 4.98 Å². The van der Waals surface area contributed by atoms with Crippen LogP contribution in [0.1, 0.15) is 17.1 Å². The monoisotopic (exact) mass is 418 g/mol. The SMILES string of the molecule is Cc1cc(N2CCN(c3ccccc3)CC2)n2nc(Cc3ccc(Cl)cc3)nc2n1. The van der Waals surface area contributed by atoms with Crippen LogP contribution < -0.4 is 9.80 Å². The number of nitrogens with zero attached hydrogens (tertiary/aromatic N) is 6. The third-order valence-electron chi connectivity index (χ3n) is 5.47. The molecule has 0 unspecified atom stereocenters. The van der Waals surface area contributed by atoms with Crippen molar-refractivity contribution in [2.45, 2.75) is 13.3 Å². The molecule has 4 aromatic rings. The number of para-hydroxylation sites is 1. The van der Waals surface area contributed by atoms with Crippen molar-refractivity contribution >= 4 is 28.9 Å². The second-order valence-corrected chi connectivity index (χ2v) is 8.04. The largest absolute Gasteiger partial charge is 0.368 e. The molecule has 0 atom stereocenters. The number of piperazine rings is 1. The van der Waals surface area contributed by atoms with Crippen molar-refractivity contribution in [3.05, 3.63) is 82.8 Å². The molecule has 0 radical (unpaired) electrons. The lowest BCUT2D eigenvalue weighted by molar-refractivity contribution is 0.637. The van der Waals surface area contributed by atoms with Crippen molar-refractivity contribution in [1.29, 1.82) is 0 Å². The highest BCUT2D eigenvalue weighted by atomic mass is 35.5. The molecule has 1 saturated heterocycles. The van der Waals surface area contributed by atoms with Gasteiger partial charge in [-0.05, 0) is 36.8 Å². The van der Waals surface area contributed by atoms with E-state index in [1.54, 1.807) is 0 Å². The molecule has 152 valence electrons. The van der Waals surface area contributed by atoms with Gasteiger partial charge in [0.05, 0.1) is 0 Å². The van der Waals surface area contributed by atoms with Crippen molar-refractivity contribution < 1.29 is 0 Å². The molecule has 0 amide bonds. The molecule has 5 rings (SSSR count). The van der Waals surface area contributed by atoms with E-state index in [-0.39, 0.29) is 0 Å². The number of aryl methyl sites for hydroxylation is 1. The third-order valence-corrected chi connectivity index (χ3v) is 5.72. The number of hydrogen-bond acceptors (Lipinski definition) is 5. The maximum absolute atomic E-state index is 6.00. The second-order valence-electron chi connectivity index (χ2n) is 7.61. The van der Waals surface area contributed by atoms with Gasteiger partial charge in [0.2, 0.25) is 0 Å². The molecule has 1 fully saturated rings. The topological polar surface area (TPSA) is 49.6 Å². The van der Waals surface area contributed by atoms with E-state index < -0.39 is 0 Å². The first-order valence-electron chi connectivity index (χ1n) is 10.2. The van der Waals surface area contributed by atoms with Crippen LogP contribution >= 0.6 is 11.6 Å². The summed E-state index contributed by atoms with van der Waals surface area (Å²) in [6.45, 7) is 5.81. The van der Waals surface area contributed by atoms with Gasteiger partial charge in [0, 0.05) is 55.1 Å². The highest BCUT2D eigenvalue weighted by Gasteiger charge is 2.21. The van der Waals surface area contributed by atoms with Crippen LogP contribution in [-0.2, 0) is 6.42 Å². The minimum Gasteiger partial charge on any atom is -0.368 e. The molecule has 0 bridgehead atoms. The average Bonchev–Trinajstić information content (AvgIpc) is 3.17. The van der Waals surface area contributed by atoms with Crippen LogP contribution in [0.25, 0.3) is 5.78 Å². The van der Waals surface area contributed by atoms with Crippen LogP contribution in [0.4, 0.5) is 11.5 Å². The van der Waals surface area contributed by atoms with Crippen molar-refractivity contribution in [2.75, 3.05) is 36.0 Å². The first-order chi connectivity index (χ1) is 14.7. The summed E-state index contributed by atoms with van der Waals surface area (Å²) in [5.74, 6) is 2.47. The standard InChI is InChI=1S/C23H23ClN6/c1-17-15-22(29-13-11-28(12-14-29)20-5-3-2-4-6-20)30-23(25-17)26-21(27-30)16-18-7-9-19(24)10-8-18/h2-10,15H,11-14,16H2,1H3. The van der Waals surface area contributed by atoms with Crippen LogP contribution in [-0.4, -0.2) is 45.8 Å². The first-order valence-corrected chi connectivity index (χ1v) is 10.6. The predicted octanol–water partition coefficient (Wildman–Crippen LogP) is 4.00. The Bertz CT molecular complexity index is 1150. The summed E-state index contributed by atoms with van der Waals surface area (Å²) in [5.41, 5.74) is 3.36. The second kappa shape index (κ2) is 7.95. The van der Waals surface area contributed by atoms with Gasteiger partial charge in [0.25, 0.3) is 5.78 Å². The van der Waals surface area contributed by atoms with Crippen molar-refractivity contribution in [3.63, 3.8) is 0 Å². The molecule has 1 aliphatic rings. The minimum absolute atomic E-state index is 0.652. The number of anilines is 2. The Morgan fingerprint density at radius 2 is 1.57 bits per heavy atom. The summed E-state index contributed by atoms with van der Waals surface area (Å²) in [6.07, 6.45) is 0.654. The van der Waals surface area contributed by atoms with Gasteiger partial charge in [0.15, 0.2) is 5.82 Å². The van der Waals surface area contributed by atoms with Crippen molar-refractivity contribution in [3.8, 4) is 0 Å². The summed E-state index contributed by atoms with van der Waals surface area (Å²) in [4.78, 5) is 14.1. The lowest BCUT2D eigenvalue weighted by atomic mass is 10.1. The lowest BCUT2D eigenvalue weighted by Gasteiger charge is -2.37. The number of fused-ring (bicyclic) bond motifs is 1. The predicted molar refractivity (Wildman–Crippen MR) is 121 cm³/mol. The van der Waals surface area contributed by atoms with E-state index in [2.05, 4.69) is 56.2 Å². The summed E-state index contributed by atoms with van der Waals surface area (Å²) in [7, 11) is 0. The van der Waals surface area contributed by atoms with Gasteiger partial charge in [0.1, 0.15) is 5.82 Å². The number of rotatable bonds is 4. The Labute approximate surface area is 180 Å². The third kappa shape index (κ3) is 3.83. The molecule has 3 heterocycles. The summed E-state index contributed by atoms with van der Waals surface area (Å²) in [5, 5.41) is 5.51. The number of halogens is 1. The van der Waals surface area contributed by atoms with E-state index >= 15 is 0 Å². The average molecular weight is 419 g/mol.